The monoisotopic (exact) mass is 391 g/mol. The van der Waals surface area contributed by atoms with Gasteiger partial charge in [-0.25, -0.2) is 4.98 Å². The maximum atomic E-state index is 12.5. The molecule has 2 rings (SSSR count). The fourth-order valence-electron chi connectivity index (χ4n) is 2.25. The fraction of sp³-hybridized carbons (Fsp3) is 0.421. The summed E-state index contributed by atoms with van der Waals surface area (Å²) >= 11 is 3.33. The lowest BCUT2D eigenvalue weighted by Gasteiger charge is -2.23. The van der Waals surface area contributed by atoms with E-state index in [1.807, 2.05) is 57.3 Å². The summed E-state index contributed by atoms with van der Waals surface area (Å²) in [6.45, 7) is 7.76. The van der Waals surface area contributed by atoms with E-state index in [-0.39, 0.29) is 23.9 Å². The van der Waals surface area contributed by atoms with Gasteiger partial charge in [0.2, 0.25) is 5.91 Å². The van der Waals surface area contributed by atoms with Crippen molar-refractivity contribution in [3.8, 4) is 0 Å². The van der Waals surface area contributed by atoms with Crippen LogP contribution >= 0.6 is 23.1 Å². The molecule has 1 N–H and O–H groups in total. The first kappa shape index (κ1) is 20.5. The number of hydrogen-bond donors (Lipinski definition) is 1. The minimum absolute atomic E-state index is 0.0388. The highest BCUT2D eigenvalue weighted by molar-refractivity contribution is 8.00. The molecule has 2 amide bonds. The number of thioether (sulfide) groups is 1. The van der Waals surface area contributed by atoms with Crippen LogP contribution in [0.3, 0.4) is 0 Å². The molecule has 0 unspecified atom stereocenters. The van der Waals surface area contributed by atoms with E-state index in [9.17, 15) is 9.59 Å². The standard InChI is InChI=1S/C19H25N3O2S2/c1-13-11-25-18(20-13)26-12-14-6-8-15(9-7-14)17(24)22(5)10-16(23)21-19(2,3)4/h6-9,11H,10,12H2,1-5H3,(H,21,23). The Kier molecular flexibility index (Phi) is 6.83. The number of thiazole rings is 1. The number of hydrogen-bond acceptors (Lipinski definition) is 5. The zero-order valence-corrected chi connectivity index (χ0v) is 17.5. The van der Waals surface area contributed by atoms with E-state index in [1.165, 1.54) is 4.90 Å². The molecule has 0 fully saturated rings. The number of rotatable bonds is 6. The van der Waals surface area contributed by atoms with Crippen molar-refractivity contribution in [2.45, 2.75) is 43.3 Å². The molecule has 0 saturated heterocycles. The Morgan fingerprint density at radius 2 is 1.88 bits per heavy atom. The van der Waals surface area contributed by atoms with Crippen LogP contribution in [0.15, 0.2) is 34.0 Å². The maximum absolute atomic E-state index is 12.5. The van der Waals surface area contributed by atoms with Gasteiger partial charge in [0.1, 0.15) is 4.34 Å². The molecule has 140 valence electrons. The average molecular weight is 392 g/mol. The van der Waals surface area contributed by atoms with Gasteiger partial charge in [-0.15, -0.1) is 11.3 Å². The Hall–Kier alpha value is -1.86. The maximum Gasteiger partial charge on any atom is 0.254 e. The van der Waals surface area contributed by atoms with Crippen molar-refractivity contribution in [1.29, 1.82) is 0 Å². The minimum atomic E-state index is -0.309. The van der Waals surface area contributed by atoms with Gasteiger partial charge in [-0.1, -0.05) is 23.9 Å². The first-order valence-electron chi connectivity index (χ1n) is 8.34. The van der Waals surface area contributed by atoms with Gasteiger partial charge in [0.15, 0.2) is 0 Å². The molecular weight excluding hydrogens is 366 g/mol. The first-order valence-corrected chi connectivity index (χ1v) is 10.2. The van der Waals surface area contributed by atoms with Crippen LogP contribution in [0, 0.1) is 6.92 Å². The average Bonchev–Trinajstić information content (AvgIpc) is 2.96. The van der Waals surface area contributed by atoms with Gasteiger partial charge in [-0.3, -0.25) is 9.59 Å². The number of amides is 2. The third-order valence-corrected chi connectivity index (χ3v) is 5.61. The highest BCUT2D eigenvalue weighted by Crippen LogP contribution is 2.26. The van der Waals surface area contributed by atoms with Crippen molar-refractivity contribution in [2.24, 2.45) is 0 Å². The Morgan fingerprint density at radius 1 is 1.23 bits per heavy atom. The van der Waals surface area contributed by atoms with Crippen LogP contribution in [0.2, 0.25) is 0 Å². The lowest BCUT2D eigenvalue weighted by molar-refractivity contribution is -0.122. The van der Waals surface area contributed by atoms with Crippen molar-refractivity contribution in [2.75, 3.05) is 13.6 Å². The van der Waals surface area contributed by atoms with Gasteiger partial charge in [-0.2, -0.15) is 0 Å². The lowest BCUT2D eigenvalue weighted by Crippen LogP contribution is -2.46. The lowest BCUT2D eigenvalue weighted by atomic mass is 10.1. The zero-order chi connectivity index (χ0) is 19.3. The summed E-state index contributed by atoms with van der Waals surface area (Å²) in [5, 5.41) is 4.90. The van der Waals surface area contributed by atoms with Crippen molar-refractivity contribution in [3.63, 3.8) is 0 Å². The highest BCUT2D eigenvalue weighted by Gasteiger charge is 2.18. The van der Waals surface area contributed by atoms with E-state index in [0.29, 0.717) is 5.56 Å². The summed E-state index contributed by atoms with van der Waals surface area (Å²) < 4.78 is 1.05. The van der Waals surface area contributed by atoms with E-state index in [0.717, 1.165) is 21.3 Å². The van der Waals surface area contributed by atoms with Gasteiger partial charge in [0.25, 0.3) is 5.91 Å². The van der Waals surface area contributed by atoms with Crippen LogP contribution in [-0.4, -0.2) is 40.8 Å². The van der Waals surface area contributed by atoms with Gasteiger partial charge in [0.05, 0.1) is 6.54 Å². The molecule has 7 heteroatoms. The number of aryl methyl sites for hydroxylation is 1. The molecule has 26 heavy (non-hydrogen) atoms. The van der Waals surface area contributed by atoms with Crippen LogP contribution in [0.25, 0.3) is 0 Å². The van der Waals surface area contributed by atoms with E-state index < -0.39 is 0 Å². The van der Waals surface area contributed by atoms with E-state index >= 15 is 0 Å². The Labute approximate surface area is 163 Å². The number of nitrogens with one attached hydrogen (secondary N) is 1. The molecule has 5 nitrogen and oxygen atoms in total. The highest BCUT2D eigenvalue weighted by atomic mass is 32.2. The molecule has 2 aromatic rings. The second kappa shape index (κ2) is 8.68. The second-order valence-electron chi connectivity index (χ2n) is 7.20. The molecule has 0 aliphatic carbocycles. The molecule has 0 radical (unpaired) electrons. The zero-order valence-electron chi connectivity index (χ0n) is 15.8. The van der Waals surface area contributed by atoms with Crippen molar-refractivity contribution in [3.05, 3.63) is 46.5 Å². The summed E-state index contributed by atoms with van der Waals surface area (Å²) in [6, 6.07) is 7.51. The molecule has 0 saturated carbocycles. The van der Waals surface area contributed by atoms with Crippen LogP contribution in [0.5, 0.6) is 0 Å². The molecule has 0 atom stereocenters. The Bertz CT molecular complexity index is 764. The van der Waals surface area contributed by atoms with Gasteiger partial charge < -0.3 is 10.2 Å². The number of nitrogens with zero attached hydrogens (tertiary/aromatic N) is 2. The van der Waals surface area contributed by atoms with E-state index in [4.69, 9.17) is 0 Å². The SMILES string of the molecule is Cc1csc(SCc2ccc(C(=O)N(C)CC(=O)NC(C)(C)C)cc2)n1. The Balaban J connectivity index is 1.89. The third-order valence-electron chi connectivity index (χ3n) is 3.40. The van der Waals surface area contributed by atoms with E-state index in [2.05, 4.69) is 10.3 Å². The quantitative estimate of drug-likeness (QED) is 0.762. The molecule has 0 bridgehead atoms. The second-order valence-corrected chi connectivity index (χ2v) is 9.28. The van der Waals surface area contributed by atoms with Crippen molar-refractivity contribution >= 4 is 34.9 Å². The van der Waals surface area contributed by atoms with Gasteiger partial charge >= 0.3 is 0 Å². The van der Waals surface area contributed by atoms with E-state index in [1.54, 1.807) is 30.1 Å². The number of benzene rings is 1. The molecule has 0 aliphatic heterocycles. The largest absolute Gasteiger partial charge is 0.350 e. The molecular formula is C19H25N3O2S2. The summed E-state index contributed by atoms with van der Waals surface area (Å²) in [4.78, 5) is 30.3. The van der Waals surface area contributed by atoms with Gasteiger partial charge in [0, 0.05) is 35.0 Å². The molecule has 1 aromatic heterocycles. The summed E-state index contributed by atoms with van der Waals surface area (Å²) in [6.07, 6.45) is 0. The first-order chi connectivity index (χ1) is 12.1. The van der Waals surface area contributed by atoms with Crippen LogP contribution in [0.1, 0.15) is 42.4 Å². The van der Waals surface area contributed by atoms with Gasteiger partial charge in [-0.05, 0) is 45.4 Å². The van der Waals surface area contributed by atoms with Crippen molar-refractivity contribution < 1.29 is 9.59 Å². The summed E-state index contributed by atoms with van der Waals surface area (Å²) in [7, 11) is 1.64. The van der Waals surface area contributed by atoms with Crippen LogP contribution in [0.4, 0.5) is 0 Å². The normalized spacial score (nSPS) is 11.3. The molecule has 0 spiro atoms. The number of carbonyl (C=O) groups excluding carboxylic acids is 2. The number of aromatic nitrogens is 1. The summed E-state index contributed by atoms with van der Waals surface area (Å²) in [5.41, 5.74) is 2.44. The number of carbonyl (C=O) groups is 2. The van der Waals surface area contributed by atoms with Crippen molar-refractivity contribution in [1.82, 2.24) is 15.2 Å². The van der Waals surface area contributed by atoms with Crippen LogP contribution in [-0.2, 0) is 10.5 Å². The topological polar surface area (TPSA) is 62.3 Å². The number of likely N-dealkylation sites (N-methyl/N-ethyl adjacent to an activating group) is 1. The predicted octanol–water partition coefficient (Wildman–Crippen LogP) is 3.73. The Morgan fingerprint density at radius 3 is 2.42 bits per heavy atom. The fourth-order valence-corrected chi connectivity index (χ4v) is 4.06. The smallest absolute Gasteiger partial charge is 0.254 e. The summed E-state index contributed by atoms with van der Waals surface area (Å²) in [5.74, 6) is 0.481. The molecule has 1 aromatic carbocycles. The minimum Gasteiger partial charge on any atom is -0.350 e. The molecule has 1 heterocycles. The molecule has 0 aliphatic rings. The predicted molar refractivity (Wildman–Crippen MR) is 108 cm³/mol. The third kappa shape index (κ3) is 6.46. The van der Waals surface area contributed by atoms with Crippen LogP contribution < -0.4 is 5.32 Å².